The third-order valence-corrected chi connectivity index (χ3v) is 7.44. The number of aromatic nitrogens is 2. The van der Waals surface area contributed by atoms with Crippen molar-refractivity contribution in [3.8, 4) is 22.6 Å². The lowest BCUT2D eigenvalue weighted by atomic mass is 9.96. The van der Waals surface area contributed by atoms with Gasteiger partial charge in [0.2, 0.25) is 17.7 Å². The summed E-state index contributed by atoms with van der Waals surface area (Å²) < 4.78 is 40.1. The van der Waals surface area contributed by atoms with Gasteiger partial charge in [-0.05, 0) is 49.1 Å². The topological polar surface area (TPSA) is 119 Å². The molecule has 0 radical (unpaired) electrons. The Morgan fingerprint density at radius 2 is 1.86 bits per heavy atom. The van der Waals surface area contributed by atoms with Crippen molar-refractivity contribution in [2.45, 2.75) is 45.6 Å². The molecule has 0 aliphatic carbocycles. The van der Waals surface area contributed by atoms with Gasteiger partial charge < -0.3 is 13.8 Å². The number of benzene rings is 2. The summed E-state index contributed by atoms with van der Waals surface area (Å²) in [5, 5.41) is 3.84. The minimum atomic E-state index is -4.03. The summed E-state index contributed by atoms with van der Waals surface area (Å²) in [4.78, 5) is 18.7. The molecule has 0 fully saturated rings. The van der Waals surface area contributed by atoms with Crippen LogP contribution in [0.5, 0.6) is 0 Å². The van der Waals surface area contributed by atoms with Gasteiger partial charge in [0.25, 0.3) is 10.0 Å². The highest BCUT2D eigenvalue weighted by Crippen LogP contribution is 2.34. The lowest BCUT2D eigenvalue weighted by Crippen LogP contribution is -2.27. The van der Waals surface area contributed by atoms with Crippen LogP contribution in [-0.2, 0) is 21.4 Å². The van der Waals surface area contributed by atoms with E-state index in [0.29, 0.717) is 34.7 Å². The molecule has 2 aromatic heterocycles. The van der Waals surface area contributed by atoms with Crippen LogP contribution >= 0.6 is 0 Å². The van der Waals surface area contributed by atoms with E-state index in [1.54, 1.807) is 50.2 Å². The molecule has 2 heterocycles. The van der Waals surface area contributed by atoms with Crippen molar-refractivity contribution in [1.82, 2.24) is 15.0 Å². The Balaban J connectivity index is 1.79. The Labute approximate surface area is 216 Å². The zero-order valence-electron chi connectivity index (χ0n) is 21.5. The van der Waals surface area contributed by atoms with Gasteiger partial charge in [-0.2, -0.15) is 0 Å². The van der Waals surface area contributed by atoms with Crippen molar-refractivity contribution in [2.75, 3.05) is 11.8 Å². The van der Waals surface area contributed by atoms with Gasteiger partial charge >= 0.3 is 0 Å². The molecular formula is C27H30N4O5S. The Kier molecular flexibility index (Phi) is 7.49. The Bertz CT molecular complexity index is 1510. The number of hydrogen-bond acceptors (Lipinski definition) is 7. The Hall–Kier alpha value is -3.92. The number of anilines is 1. The lowest BCUT2D eigenvalue weighted by molar-refractivity contribution is -0.131. The molecule has 4 rings (SSSR count). The van der Waals surface area contributed by atoms with Crippen LogP contribution in [0, 0.1) is 19.8 Å². The highest BCUT2D eigenvalue weighted by Gasteiger charge is 2.24. The number of carbonyl (C=O) groups excluding carboxylic acids is 1. The second kappa shape index (κ2) is 10.6. The maximum atomic E-state index is 13.5. The smallest absolute Gasteiger partial charge is 0.264 e. The molecule has 1 N–H and O–H groups in total. The third-order valence-electron chi connectivity index (χ3n) is 6.05. The van der Waals surface area contributed by atoms with Gasteiger partial charge in [0.1, 0.15) is 6.26 Å². The Morgan fingerprint density at radius 3 is 2.51 bits per heavy atom. The summed E-state index contributed by atoms with van der Waals surface area (Å²) >= 11 is 0. The molecule has 0 unspecified atom stereocenters. The number of hydrogen-bond donors (Lipinski definition) is 1. The highest BCUT2D eigenvalue weighted by molar-refractivity contribution is 7.92. The summed E-state index contributed by atoms with van der Waals surface area (Å²) in [6.45, 7) is 7.73. The Morgan fingerprint density at radius 1 is 1.11 bits per heavy atom. The molecule has 9 nitrogen and oxygen atoms in total. The fourth-order valence-corrected chi connectivity index (χ4v) is 5.22. The second-order valence-electron chi connectivity index (χ2n) is 9.38. The molecule has 0 atom stereocenters. The predicted octanol–water partition coefficient (Wildman–Crippen LogP) is 5.42. The minimum absolute atomic E-state index is 0.00112. The first-order chi connectivity index (χ1) is 17.6. The van der Waals surface area contributed by atoms with Crippen molar-refractivity contribution in [3.05, 3.63) is 71.7 Å². The molecule has 0 aliphatic heterocycles. The fraction of sp³-hybridized carbons (Fsp3) is 0.296. The van der Waals surface area contributed by atoms with Crippen molar-refractivity contribution in [3.63, 3.8) is 0 Å². The summed E-state index contributed by atoms with van der Waals surface area (Å²) in [6, 6.07) is 12.2. The van der Waals surface area contributed by atoms with Gasteiger partial charge in [0.15, 0.2) is 0 Å². The number of sulfonamides is 1. The number of aryl methyl sites for hydroxylation is 1. The molecule has 4 aromatic rings. The van der Waals surface area contributed by atoms with Crippen LogP contribution in [0.25, 0.3) is 22.6 Å². The van der Waals surface area contributed by atoms with Gasteiger partial charge in [-0.1, -0.05) is 43.3 Å². The van der Waals surface area contributed by atoms with Crippen molar-refractivity contribution >= 4 is 21.8 Å². The van der Waals surface area contributed by atoms with Gasteiger partial charge in [-0.3, -0.25) is 4.79 Å². The maximum Gasteiger partial charge on any atom is 0.264 e. The van der Waals surface area contributed by atoms with Gasteiger partial charge in [0, 0.05) is 36.7 Å². The monoisotopic (exact) mass is 522 g/mol. The molecule has 0 saturated heterocycles. The molecular weight excluding hydrogens is 492 g/mol. The van der Waals surface area contributed by atoms with E-state index in [9.17, 15) is 13.2 Å². The zero-order valence-corrected chi connectivity index (χ0v) is 22.3. The first-order valence-corrected chi connectivity index (χ1v) is 13.4. The van der Waals surface area contributed by atoms with Crippen molar-refractivity contribution in [2.24, 2.45) is 5.92 Å². The molecule has 37 heavy (non-hydrogen) atoms. The molecule has 194 valence electrons. The molecule has 0 spiro atoms. The van der Waals surface area contributed by atoms with Crippen LogP contribution in [0.15, 0.2) is 68.8 Å². The van der Waals surface area contributed by atoms with Crippen LogP contribution in [0.1, 0.15) is 37.1 Å². The fourth-order valence-electron chi connectivity index (χ4n) is 3.95. The van der Waals surface area contributed by atoms with E-state index in [2.05, 4.69) is 14.9 Å². The van der Waals surface area contributed by atoms with E-state index in [4.69, 9.17) is 8.94 Å². The van der Waals surface area contributed by atoms with E-state index in [0.717, 1.165) is 11.1 Å². The molecule has 1 amide bonds. The van der Waals surface area contributed by atoms with Gasteiger partial charge in [-0.25, -0.2) is 18.1 Å². The normalized spacial score (nSPS) is 11.6. The number of oxazole rings is 1. The van der Waals surface area contributed by atoms with E-state index in [1.807, 2.05) is 32.0 Å². The van der Waals surface area contributed by atoms with E-state index < -0.39 is 10.0 Å². The maximum absolute atomic E-state index is 13.5. The third kappa shape index (κ3) is 5.75. The van der Waals surface area contributed by atoms with E-state index in [-0.39, 0.29) is 29.1 Å². The van der Waals surface area contributed by atoms with Crippen LogP contribution in [0.3, 0.4) is 0 Å². The summed E-state index contributed by atoms with van der Waals surface area (Å²) in [6.07, 6.45) is 3.46. The van der Waals surface area contributed by atoms with Crippen LogP contribution < -0.4 is 4.72 Å². The number of amides is 1. The van der Waals surface area contributed by atoms with Crippen molar-refractivity contribution in [1.29, 1.82) is 0 Å². The molecule has 10 heteroatoms. The van der Waals surface area contributed by atoms with Crippen LogP contribution in [0.2, 0.25) is 0 Å². The summed E-state index contributed by atoms with van der Waals surface area (Å²) in [5.74, 6) is 0.725. The minimum Gasteiger partial charge on any atom is -0.445 e. The van der Waals surface area contributed by atoms with E-state index in [1.165, 1.54) is 12.3 Å². The number of nitrogens with one attached hydrogen (secondary N) is 1. The van der Waals surface area contributed by atoms with Crippen LogP contribution in [-0.4, -0.2) is 36.4 Å². The lowest BCUT2D eigenvalue weighted by Gasteiger charge is -2.22. The van der Waals surface area contributed by atoms with Gasteiger partial charge in [0.05, 0.1) is 16.8 Å². The molecule has 0 saturated carbocycles. The zero-order chi connectivity index (χ0) is 26.7. The van der Waals surface area contributed by atoms with Crippen LogP contribution in [0.4, 0.5) is 5.88 Å². The molecule has 2 aromatic carbocycles. The average molecular weight is 523 g/mol. The number of rotatable bonds is 9. The second-order valence-corrected chi connectivity index (χ2v) is 11.0. The predicted molar refractivity (Wildman–Crippen MR) is 140 cm³/mol. The largest absolute Gasteiger partial charge is 0.445 e. The quantitative estimate of drug-likeness (QED) is 0.312. The summed E-state index contributed by atoms with van der Waals surface area (Å²) in [7, 11) is -2.29. The number of carbonyl (C=O) groups is 1. The first kappa shape index (κ1) is 26.2. The van der Waals surface area contributed by atoms with E-state index >= 15 is 0 Å². The first-order valence-electron chi connectivity index (χ1n) is 11.9. The summed E-state index contributed by atoms with van der Waals surface area (Å²) in [5.41, 5.74) is 3.85. The molecule has 0 aliphatic rings. The molecule has 0 bridgehead atoms. The van der Waals surface area contributed by atoms with Gasteiger partial charge in [-0.15, -0.1) is 0 Å². The van der Waals surface area contributed by atoms with Crippen molar-refractivity contribution < 1.29 is 22.2 Å². The average Bonchev–Trinajstić information content (AvgIpc) is 3.50. The standard InChI is InChI=1S/C27H30N4O5S/c1-17(2)14-25(32)31(5)16-21-15-20(27-28-12-13-35-27)10-11-22(21)23-8-6-7-9-24(23)37(33,34)30-26-18(3)19(4)29-36-26/h6-13,15,17,30H,14,16H2,1-5H3. The SMILES string of the molecule is Cc1noc(NS(=O)(=O)c2ccccc2-c2ccc(-c3ncco3)cc2CN(C)C(=O)CC(C)C)c1C. The highest BCUT2D eigenvalue weighted by atomic mass is 32.2. The number of nitrogens with zero attached hydrogens (tertiary/aromatic N) is 3.